The molecule has 0 saturated heterocycles. The summed E-state index contributed by atoms with van der Waals surface area (Å²) in [5, 5.41) is 9.33. The number of carbonyl (C=O) groups is 1. The van der Waals surface area contributed by atoms with Crippen LogP contribution < -0.4 is 0 Å². The maximum absolute atomic E-state index is 10.5. The van der Waals surface area contributed by atoms with E-state index < -0.39 is 5.97 Å². The van der Waals surface area contributed by atoms with Gasteiger partial charge in [0.15, 0.2) is 5.16 Å². The molecule has 0 saturated carbocycles. The Kier molecular flexibility index (Phi) is 5.34. The molecular formula is C10H16N2O3S. The lowest BCUT2D eigenvalue weighted by Gasteiger charge is -2.12. The van der Waals surface area contributed by atoms with E-state index in [1.165, 1.54) is 11.8 Å². The van der Waals surface area contributed by atoms with E-state index in [2.05, 4.69) is 11.9 Å². The van der Waals surface area contributed by atoms with Gasteiger partial charge in [0.25, 0.3) is 0 Å². The predicted molar refractivity (Wildman–Crippen MR) is 61.6 cm³/mol. The van der Waals surface area contributed by atoms with Crippen LogP contribution in [0.5, 0.6) is 0 Å². The molecule has 1 rings (SSSR count). The Morgan fingerprint density at radius 2 is 2.50 bits per heavy atom. The first kappa shape index (κ1) is 13.1. The average Bonchev–Trinajstić information content (AvgIpc) is 2.62. The molecule has 1 aromatic rings. The number of thioether (sulfide) groups is 1. The highest BCUT2D eigenvalue weighted by Gasteiger charge is 2.09. The zero-order valence-corrected chi connectivity index (χ0v) is 10.2. The predicted octanol–water partition coefficient (Wildman–Crippen LogP) is 1.34. The van der Waals surface area contributed by atoms with Gasteiger partial charge in [0.2, 0.25) is 0 Å². The Hall–Kier alpha value is -1.01. The van der Waals surface area contributed by atoms with E-state index >= 15 is 0 Å². The van der Waals surface area contributed by atoms with Crippen LogP contribution in [0.1, 0.15) is 6.92 Å². The highest BCUT2D eigenvalue weighted by Crippen LogP contribution is 2.16. The second kappa shape index (κ2) is 6.55. The molecule has 0 fully saturated rings. The molecule has 0 aliphatic rings. The van der Waals surface area contributed by atoms with Crippen molar-refractivity contribution in [3.8, 4) is 0 Å². The van der Waals surface area contributed by atoms with Crippen molar-refractivity contribution in [3.05, 3.63) is 12.4 Å². The lowest BCUT2D eigenvalue weighted by Crippen LogP contribution is -2.13. The fourth-order valence-corrected chi connectivity index (χ4v) is 2.06. The van der Waals surface area contributed by atoms with Crippen LogP contribution in [0, 0.1) is 5.92 Å². The summed E-state index contributed by atoms with van der Waals surface area (Å²) in [6, 6.07) is 0. The quantitative estimate of drug-likeness (QED) is 0.733. The molecule has 90 valence electrons. The first-order chi connectivity index (χ1) is 7.63. The van der Waals surface area contributed by atoms with Gasteiger partial charge in [-0.05, 0) is 5.92 Å². The van der Waals surface area contributed by atoms with Crippen molar-refractivity contribution in [2.24, 2.45) is 5.92 Å². The lowest BCUT2D eigenvalue weighted by atomic mass is 10.2. The topological polar surface area (TPSA) is 64.4 Å². The first-order valence-electron chi connectivity index (χ1n) is 4.98. The number of ether oxygens (including phenoxy) is 1. The van der Waals surface area contributed by atoms with Gasteiger partial charge < -0.3 is 14.4 Å². The number of nitrogens with zero attached hydrogens (tertiary/aromatic N) is 2. The van der Waals surface area contributed by atoms with Crippen LogP contribution in [0.4, 0.5) is 0 Å². The number of aromatic nitrogens is 2. The van der Waals surface area contributed by atoms with Crippen molar-refractivity contribution in [3.63, 3.8) is 0 Å². The van der Waals surface area contributed by atoms with E-state index in [0.29, 0.717) is 12.5 Å². The summed E-state index contributed by atoms with van der Waals surface area (Å²) in [5.74, 6) is -0.414. The fourth-order valence-electron chi connectivity index (χ4n) is 1.37. The summed E-state index contributed by atoms with van der Waals surface area (Å²) in [7, 11) is 1.67. The van der Waals surface area contributed by atoms with Crippen molar-refractivity contribution >= 4 is 17.7 Å². The van der Waals surface area contributed by atoms with Crippen LogP contribution in [0.15, 0.2) is 17.6 Å². The van der Waals surface area contributed by atoms with Gasteiger partial charge in [-0.2, -0.15) is 0 Å². The summed E-state index contributed by atoms with van der Waals surface area (Å²) in [4.78, 5) is 14.6. The van der Waals surface area contributed by atoms with Gasteiger partial charge in [-0.15, -0.1) is 0 Å². The van der Waals surface area contributed by atoms with E-state index in [1.54, 1.807) is 13.3 Å². The molecule has 16 heavy (non-hydrogen) atoms. The van der Waals surface area contributed by atoms with Crippen LogP contribution in [-0.4, -0.2) is 40.1 Å². The minimum absolute atomic E-state index is 0.0374. The van der Waals surface area contributed by atoms with Crippen molar-refractivity contribution in [1.82, 2.24) is 9.55 Å². The van der Waals surface area contributed by atoms with Crippen molar-refractivity contribution in [2.75, 3.05) is 19.5 Å². The van der Waals surface area contributed by atoms with Crippen molar-refractivity contribution in [1.29, 1.82) is 0 Å². The Labute approximate surface area is 98.8 Å². The summed E-state index contributed by atoms with van der Waals surface area (Å²) in [6.45, 7) is 3.55. The molecular weight excluding hydrogens is 228 g/mol. The van der Waals surface area contributed by atoms with Gasteiger partial charge in [-0.25, -0.2) is 4.98 Å². The number of hydrogen-bond donors (Lipinski definition) is 1. The SMILES string of the molecule is COCC(C)Cn1ccnc1SCC(=O)O. The Balaban J connectivity index is 2.52. The molecule has 0 spiro atoms. The Morgan fingerprint density at radius 1 is 1.75 bits per heavy atom. The number of methoxy groups -OCH3 is 1. The third-order valence-corrected chi connectivity index (χ3v) is 2.95. The van der Waals surface area contributed by atoms with E-state index in [-0.39, 0.29) is 5.75 Å². The third-order valence-electron chi connectivity index (χ3n) is 1.96. The normalized spacial score (nSPS) is 12.6. The van der Waals surface area contributed by atoms with Crippen molar-refractivity contribution < 1.29 is 14.6 Å². The van der Waals surface area contributed by atoms with E-state index in [0.717, 1.165) is 11.7 Å². The molecule has 0 amide bonds. The zero-order valence-electron chi connectivity index (χ0n) is 9.42. The number of hydrogen-bond acceptors (Lipinski definition) is 4. The van der Waals surface area contributed by atoms with Crippen LogP contribution in [0.2, 0.25) is 0 Å². The van der Waals surface area contributed by atoms with Crippen molar-refractivity contribution in [2.45, 2.75) is 18.6 Å². The van der Waals surface area contributed by atoms with Gasteiger partial charge in [-0.3, -0.25) is 4.79 Å². The fraction of sp³-hybridized carbons (Fsp3) is 0.600. The highest BCUT2D eigenvalue weighted by atomic mass is 32.2. The Morgan fingerprint density at radius 3 is 3.12 bits per heavy atom. The first-order valence-corrected chi connectivity index (χ1v) is 5.96. The number of imidazole rings is 1. The minimum atomic E-state index is -0.829. The van der Waals surface area contributed by atoms with Crippen LogP contribution >= 0.6 is 11.8 Å². The standard InChI is InChI=1S/C10H16N2O3S/c1-8(6-15-2)5-12-4-3-11-10(12)16-7-9(13)14/h3-4,8H,5-7H2,1-2H3,(H,13,14). The average molecular weight is 244 g/mol. The molecule has 1 heterocycles. The molecule has 0 aromatic carbocycles. The molecule has 6 heteroatoms. The van der Waals surface area contributed by atoms with Crippen LogP contribution in [0.3, 0.4) is 0 Å². The number of aliphatic carboxylic acids is 1. The molecule has 5 nitrogen and oxygen atoms in total. The Bertz CT molecular complexity index is 341. The van der Waals surface area contributed by atoms with E-state index in [1.807, 2.05) is 10.8 Å². The van der Waals surface area contributed by atoms with Gasteiger partial charge >= 0.3 is 5.97 Å². The molecule has 0 aliphatic carbocycles. The second-order valence-corrected chi connectivity index (χ2v) is 4.55. The maximum Gasteiger partial charge on any atom is 0.313 e. The molecule has 1 N–H and O–H groups in total. The van der Waals surface area contributed by atoms with Gasteiger partial charge in [-0.1, -0.05) is 18.7 Å². The van der Waals surface area contributed by atoms with Gasteiger partial charge in [0.05, 0.1) is 12.4 Å². The molecule has 0 radical (unpaired) electrons. The minimum Gasteiger partial charge on any atom is -0.481 e. The molecule has 1 aromatic heterocycles. The van der Waals surface area contributed by atoms with Crippen LogP contribution in [0.25, 0.3) is 0 Å². The lowest BCUT2D eigenvalue weighted by molar-refractivity contribution is -0.133. The van der Waals surface area contributed by atoms with E-state index in [9.17, 15) is 4.79 Å². The zero-order chi connectivity index (χ0) is 12.0. The highest BCUT2D eigenvalue weighted by molar-refractivity contribution is 7.99. The van der Waals surface area contributed by atoms with Crippen LogP contribution in [-0.2, 0) is 16.1 Å². The molecule has 1 atom stereocenters. The van der Waals surface area contributed by atoms with E-state index in [4.69, 9.17) is 9.84 Å². The number of rotatable bonds is 7. The molecule has 1 unspecified atom stereocenters. The maximum atomic E-state index is 10.5. The number of carboxylic acids is 1. The smallest absolute Gasteiger partial charge is 0.313 e. The van der Waals surface area contributed by atoms with Gasteiger partial charge in [0.1, 0.15) is 0 Å². The molecule has 0 aliphatic heterocycles. The summed E-state index contributed by atoms with van der Waals surface area (Å²) >= 11 is 1.23. The largest absolute Gasteiger partial charge is 0.481 e. The number of carboxylic acid groups (broad SMARTS) is 1. The van der Waals surface area contributed by atoms with Gasteiger partial charge in [0, 0.05) is 26.0 Å². The monoisotopic (exact) mass is 244 g/mol. The summed E-state index contributed by atoms with van der Waals surface area (Å²) in [5.41, 5.74) is 0. The molecule has 0 bridgehead atoms. The third kappa shape index (κ3) is 4.24. The summed E-state index contributed by atoms with van der Waals surface area (Å²) in [6.07, 6.45) is 3.54. The summed E-state index contributed by atoms with van der Waals surface area (Å²) < 4.78 is 7.01. The second-order valence-electron chi connectivity index (χ2n) is 3.61.